The van der Waals surface area contributed by atoms with Gasteiger partial charge in [-0.05, 0) is 133 Å². The number of hydrogen-bond donors (Lipinski definition) is 0. The Kier molecular flexibility index (Phi) is 8.53. The third kappa shape index (κ3) is 5.42. The molecule has 2 nitrogen and oxygen atoms in total. The van der Waals surface area contributed by atoms with Crippen molar-refractivity contribution >= 4 is 44.9 Å². The fourth-order valence-corrected chi connectivity index (χ4v) is 11.5. The second kappa shape index (κ2) is 14.8. The van der Waals surface area contributed by atoms with Gasteiger partial charge in [0, 0.05) is 27.8 Å². The van der Waals surface area contributed by atoms with Crippen LogP contribution in [0.15, 0.2) is 237 Å². The lowest BCUT2D eigenvalue weighted by atomic mass is 9.65. The van der Waals surface area contributed by atoms with E-state index in [9.17, 15) is 0 Å². The maximum absolute atomic E-state index is 4.31. The summed E-state index contributed by atoms with van der Waals surface area (Å²) in [6.45, 7) is 6.48. The molecule has 0 amide bonds. The van der Waals surface area contributed by atoms with E-state index in [-0.39, 0.29) is 0 Å². The van der Waals surface area contributed by atoms with E-state index in [1.807, 2.05) is 6.08 Å². The van der Waals surface area contributed by atoms with Crippen molar-refractivity contribution in [1.29, 1.82) is 0 Å². The van der Waals surface area contributed by atoms with Crippen molar-refractivity contribution in [2.24, 2.45) is 0 Å². The summed E-state index contributed by atoms with van der Waals surface area (Å²) in [4.78, 5) is 2.43. The first kappa shape index (κ1) is 38.0. The molecule has 1 aliphatic carbocycles. The zero-order chi connectivity index (χ0) is 43.9. The lowest BCUT2D eigenvalue weighted by molar-refractivity contribution is 0.748. The van der Waals surface area contributed by atoms with Gasteiger partial charge in [-0.3, -0.25) is 0 Å². The van der Waals surface area contributed by atoms with E-state index in [1.54, 1.807) is 0 Å². The van der Waals surface area contributed by atoms with Crippen molar-refractivity contribution < 1.29 is 0 Å². The zero-order valence-electron chi connectivity index (χ0n) is 36.6. The van der Waals surface area contributed by atoms with Crippen LogP contribution in [0.5, 0.6) is 0 Å². The van der Waals surface area contributed by atoms with Crippen LogP contribution >= 0.6 is 0 Å². The van der Waals surface area contributed by atoms with Gasteiger partial charge in [0.15, 0.2) is 0 Å². The molecule has 2 aliphatic rings. The molecule has 1 atom stereocenters. The van der Waals surface area contributed by atoms with Crippen LogP contribution in [0.4, 0.5) is 17.1 Å². The van der Waals surface area contributed by atoms with Gasteiger partial charge in [0.1, 0.15) is 0 Å². The van der Waals surface area contributed by atoms with Crippen LogP contribution in [0.1, 0.15) is 33.4 Å². The van der Waals surface area contributed by atoms with Crippen LogP contribution in [0, 0.1) is 6.92 Å². The molecule has 0 fully saturated rings. The molecule has 1 spiro atoms. The molecule has 1 aromatic heterocycles. The number of rotatable bonds is 7. The van der Waals surface area contributed by atoms with Gasteiger partial charge < -0.3 is 9.47 Å². The van der Waals surface area contributed by atoms with Crippen molar-refractivity contribution in [3.05, 3.63) is 270 Å². The highest BCUT2D eigenvalue weighted by atomic mass is 15.1. The van der Waals surface area contributed by atoms with Crippen molar-refractivity contribution in [1.82, 2.24) is 4.57 Å². The lowest BCUT2D eigenvalue weighted by Crippen LogP contribution is -2.33. The SMILES string of the molecule is C=Cc1c(-c2ccc(N(c3ccc(-c4ccccc4)cc3)c3ccc4c(c3)C3(c5ccccc5-4)c4ccccc4-n4c5ccccc5c5cccc3c54)cc2)cccc1-c1ccccc1C. The van der Waals surface area contributed by atoms with Crippen molar-refractivity contribution in [2.45, 2.75) is 12.3 Å². The summed E-state index contributed by atoms with van der Waals surface area (Å²) in [5.74, 6) is 0. The minimum absolute atomic E-state index is 0.557. The van der Waals surface area contributed by atoms with E-state index in [0.717, 1.165) is 33.8 Å². The summed E-state index contributed by atoms with van der Waals surface area (Å²) < 4.78 is 2.52. The van der Waals surface area contributed by atoms with E-state index < -0.39 is 5.41 Å². The van der Waals surface area contributed by atoms with Gasteiger partial charge in [-0.1, -0.05) is 195 Å². The van der Waals surface area contributed by atoms with Crippen LogP contribution in [-0.4, -0.2) is 4.57 Å². The van der Waals surface area contributed by atoms with Crippen LogP contribution in [-0.2, 0) is 5.41 Å². The summed E-state index contributed by atoms with van der Waals surface area (Å²) >= 11 is 0. The van der Waals surface area contributed by atoms with Gasteiger partial charge in [-0.2, -0.15) is 0 Å². The summed E-state index contributed by atoms with van der Waals surface area (Å²) in [5.41, 5.74) is 23.7. The normalized spacial score (nSPS) is 14.3. The molecule has 0 N–H and O–H groups in total. The molecule has 1 aliphatic heterocycles. The molecule has 10 aromatic carbocycles. The van der Waals surface area contributed by atoms with Crippen LogP contribution in [0.25, 0.3) is 78.1 Å². The van der Waals surface area contributed by atoms with Gasteiger partial charge in [0.05, 0.1) is 22.1 Å². The number of para-hydroxylation sites is 3. The van der Waals surface area contributed by atoms with Crippen molar-refractivity contribution in [3.63, 3.8) is 0 Å². The second-order valence-corrected chi connectivity index (χ2v) is 17.7. The number of fused-ring (bicyclic) bond motifs is 12. The minimum atomic E-state index is -0.557. The van der Waals surface area contributed by atoms with Gasteiger partial charge >= 0.3 is 0 Å². The third-order valence-corrected chi connectivity index (χ3v) is 14.3. The fraction of sp³-hybridized carbons (Fsp3) is 0.0312. The monoisotopic (exact) mass is 840 g/mol. The maximum atomic E-state index is 4.31. The smallest absolute Gasteiger partial charge is 0.0755 e. The Labute approximate surface area is 385 Å². The Bertz CT molecular complexity index is 3720. The first-order valence-electron chi connectivity index (χ1n) is 22.9. The van der Waals surface area contributed by atoms with E-state index >= 15 is 0 Å². The Morgan fingerprint density at radius 2 is 0.970 bits per heavy atom. The molecule has 0 saturated heterocycles. The molecule has 0 radical (unpaired) electrons. The molecule has 66 heavy (non-hydrogen) atoms. The summed E-state index contributed by atoms with van der Waals surface area (Å²) in [6.07, 6.45) is 2.01. The Morgan fingerprint density at radius 1 is 0.409 bits per heavy atom. The van der Waals surface area contributed by atoms with Crippen molar-refractivity contribution in [2.75, 3.05) is 4.90 Å². The molecule has 2 heteroatoms. The van der Waals surface area contributed by atoms with E-state index in [2.05, 4.69) is 253 Å². The predicted molar refractivity (Wildman–Crippen MR) is 277 cm³/mol. The molecular formula is C64H44N2. The first-order chi connectivity index (χ1) is 32.6. The number of anilines is 3. The van der Waals surface area contributed by atoms with Crippen molar-refractivity contribution in [3.8, 4) is 50.2 Å². The molecule has 310 valence electrons. The molecule has 13 rings (SSSR count). The number of nitrogens with zero attached hydrogens (tertiary/aromatic N) is 2. The summed E-state index contributed by atoms with van der Waals surface area (Å²) in [7, 11) is 0. The average Bonchev–Trinajstić information content (AvgIpc) is 3.87. The Hall–Kier alpha value is -8.46. The molecule has 11 aromatic rings. The van der Waals surface area contributed by atoms with E-state index in [4.69, 9.17) is 0 Å². The molecule has 1 unspecified atom stereocenters. The molecular weight excluding hydrogens is 797 g/mol. The second-order valence-electron chi connectivity index (χ2n) is 17.7. The number of hydrogen-bond acceptors (Lipinski definition) is 1. The summed E-state index contributed by atoms with van der Waals surface area (Å²) in [6, 6.07) is 85.2. The van der Waals surface area contributed by atoms with Gasteiger partial charge in [0.25, 0.3) is 0 Å². The number of aromatic nitrogens is 1. The van der Waals surface area contributed by atoms with Gasteiger partial charge in [-0.15, -0.1) is 0 Å². The standard InChI is InChI=1S/C64H44N2/c1-3-49-51(23-15-24-52(49)50-20-8-7-17-42(50)2)45-33-37-47(38-34-45)65(46-35-31-44(32-36-46)43-18-5-4-6-19-43)48-39-40-54-53-21-9-11-26-57(53)64(60(54)41-48)58-27-12-14-30-62(58)66-61-29-13-10-22-55(61)56-25-16-28-59(64)63(56)66/h3-41H,1H2,2H3. The molecule has 0 saturated carbocycles. The summed E-state index contributed by atoms with van der Waals surface area (Å²) in [5, 5.41) is 2.56. The average molecular weight is 841 g/mol. The largest absolute Gasteiger partial charge is 0.310 e. The zero-order valence-corrected chi connectivity index (χ0v) is 36.6. The highest BCUT2D eigenvalue weighted by molar-refractivity contribution is 6.13. The van der Waals surface area contributed by atoms with Gasteiger partial charge in [-0.25, -0.2) is 0 Å². The quantitative estimate of drug-likeness (QED) is 0.155. The first-order valence-corrected chi connectivity index (χ1v) is 22.9. The van der Waals surface area contributed by atoms with E-state index in [0.29, 0.717) is 0 Å². The lowest BCUT2D eigenvalue weighted by Gasteiger charge is -2.40. The minimum Gasteiger partial charge on any atom is -0.310 e. The number of aryl methyl sites for hydroxylation is 1. The Balaban J connectivity index is 1.03. The maximum Gasteiger partial charge on any atom is 0.0755 e. The topological polar surface area (TPSA) is 8.17 Å². The van der Waals surface area contributed by atoms with E-state index in [1.165, 1.54) is 88.7 Å². The molecule has 2 heterocycles. The highest BCUT2D eigenvalue weighted by Gasteiger charge is 2.51. The number of benzene rings is 10. The highest BCUT2D eigenvalue weighted by Crippen LogP contribution is 2.61. The molecule has 0 bridgehead atoms. The predicted octanol–water partition coefficient (Wildman–Crippen LogP) is 16.9. The van der Waals surface area contributed by atoms with Crippen LogP contribution in [0.3, 0.4) is 0 Å². The van der Waals surface area contributed by atoms with Crippen LogP contribution in [0.2, 0.25) is 0 Å². The third-order valence-electron chi connectivity index (χ3n) is 14.3. The van der Waals surface area contributed by atoms with Crippen LogP contribution < -0.4 is 4.90 Å². The fourth-order valence-electron chi connectivity index (χ4n) is 11.5. The van der Waals surface area contributed by atoms with Gasteiger partial charge in [0.2, 0.25) is 0 Å². The Morgan fingerprint density at radius 3 is 1.76 bits per heavy atom.